The second-order valence-corrected chi connectivity index (χ2v) is 2.62. The van der Waals surface area contributed by atoms with Gasteiger partial charge < -0.3 is 29.7 Å². The average Bonchev–Trinajstić information content (AvgIpc) is 2.16. The molecule has 18 heavy (non-hydrogen) atoms. The van der Waals surface area contributed by atoms with Gasteiger partial charge in [0.25, 0.3) is 0 Å². The molecule has 0 aliphatic carbocycles. The zero-order valence-corrected chi connectivity index (χ0v) is 12.5. The van der Waals surface area contributed by atoms with Gasteiger partial charge in [-0.15, -0.1) is 0 Å². The van der Waals surface area contributed by atoms with Crippen LogP contribution in [0.3, 0.4) is 0 Å². The predicted molar refractivity (Wildman–Crippen MR) is 39.4 cm³/mol. The van der Waals surface area contributed by atoms with Gasteiger partial charge >= 0.3 is 67.1 Å². The first-order valence-corrected chi connectivity index (χ1v) is 3.71. The first-order chi connectivity index (χ1) is 6.93. The Labute approximate surface area is 148 Å². The number of carboxylic acids is 3. The number of carboxylic acid groups (broad SMARTS) is 3. The molecule has 0 spiro atoms. The van der Waals surface area contributed by atoms with Crippen LogP contribution in [0, 0.1) is 0 Å². The molecule has 0 fully saturated rings. The zero-order chi connectivity index (χ0) is 11.6. The van der Waals surface area contributed by atoms with E-state index < -0.39 is 34.6 Å². The first-order valence-electron chi connectivity index (χ1n) is 3.71. The maximum atomic E-state index is 10.5. The van der Waals surface area contributed by atoms with Crippen LogP contribution in [0.5, 0.6) is 0 Å². The van der Waals surface area contributed by atoms with Crippen LogP contribution in [0.1, 0.15) is 31.1 Å². The molecule has 0 bridgehead atoms. The van der Waals surface area contributed by atoms with Crippen molar-refractivity contribution in [3.8, 4) is 0 Å². The average molecular weight is 531 g/mol. The zero-order valence-electron chi connectivity index (χ0n) is 8.09. The normalized spacial score (nSPS) is 8.00. The minimum absolute atomic E-state index is 0. The van der Waals surface area contributed by atoms with E-state index in [1.165, 1.54) is 0 Å². The van der Waals surface area contributed by atoms with E-state index in [0.717, 1.165) is 12.1 Å². The SMILES string of the molecule is O=C([O-])c1ccc(C(=O)[O-])c(C(=O)[O-])c1.[Ag+].[Ag+].[Ag+]. The van der Waals surface area contributed by atoms with E-state index in [2.05, 4.69) is 0 Å². The second kappa shape index (κ2) is 9.74. The van der Waals surface area contributed by atoms with Crippen molar-refractivity contribution in [1.82, 2.24) is 0 Å². The molecule has 0 amide bonds. The maximum Gasteiger partial charge on any atom is 1.00 e. The smallest absolute Gasteiger partial charge is 0.545 e. The Morgan fingerprint density at radius 2 is 1.17 bits per heavy atom. The largest absolute Gasteiger partial charge is 1.00 e. The van der Waals surface area contributed by atoms with Gasteiger partial charge in [-0.3, -0.25) is 0 Å². The molecule has 6 nitrogen and oxygen atoms in total. The molecule has 0 unspecified atom stereocenters. The van der Waals surface area contributed by atoms with Crippen LogP contribution in [0.2, 0.25) is 0 Å². The summed E-state index contributed by atoms with van der Waals surface area (Å²) in [7, 11) is 0. The summed E-state index contributed by atoms with van der Waals surface area (Å²) >= 11 is 0. The number of hydrogen-bond donors (Lipinski definition) is 0. The van der Waals surface area contributed by atoms with E-state index in [0.29, 0.717) is 6.07 Å². The molecular formula is C9H3Ag3O6. The standard InChI is InChI=1S/C9H6O6.3Ag/c10-7(11)4-1-2-5(8(12)13)6(3-4)9(14)15;;;/h1-3H,(H,10,11)(H,12,13)(H,14,15);;;/q;3*+1/p-3. The third kappa shape index (κ3) is 5.66. The Hall–Kier alpha value is -0.149. The third-order valence-electron chi connectivity index (χ3n) is 1.70. The van der Waals surface area contributed by atoms with Gasteiger partial charge in [0, 0.05) is 11.1 Å². The molecule has 0 aliphatic rings. The van der Waals surface area contributed by atoms with Crippen LogP contribution < -0.4 is 15.3 Å². The number of carbonyl (C=O) groups is 3. The van der Waals surface area contributed by atoms with Gasteiger partial charge in [0.15, 0.2) is 0 Å². The van der Waals surface area contributed by atoms with Gasteiger partial charge in [-0.25, -0.2) is 0 Å². The molecule has 0 N–H and O–H groups in total. The second-order valence-electron chi connectivity index (χ2n) is 2.62. The minimum Gasteiger partial charge on any atom is -0.545 e. The summed E-state index contributed by atoms with van der Waals surface area (Å²) in [6.07, 6.45) is 0. The van der Waals surface area contributed by atoms with Crippen molar-refractivity contribution in [1.29, 1.82) is 0 Å². The number of aromatic carboxylic acids is 3. The van der Waals surface area contributed by atoms with Crippen molar-refractivity contribution >= 4 is 17.9 Å². The summed E-state index contributed by atoms with van der Waals surface area (Å²) in [5, 5.41) is 31.3. The quantitative estimate of drug-likeness (QED) is 0.379. The fourth-order valence-corrected chi connectivity index (χ4v) is 1.02. The molecular weight excluding hydrogens is 528 g/mol. The topological polar surface area (TPSA) is 120 Å². The predicted octanol–water partition coefficient (Wildman–Crippen LogP) is -3.23. The Balaban J connectivity index is -0.000000750. The van der Waals surface area contributed by atoms with Gasteiger partial charge in [0.05, 0.1) is 17.9 Å². The van der Waals surface area contributed by atoms with Crippen LogP contribution in [0.15, 0.2) is 18.2 Å². The van der Waals surface area contributed by atoms with Crippen LogP contribution in [0.4, 0.5) is 0 Å². The molecule has 0 atom stereocenters. The van der Waals surface area contributed by atoms with Gasteiger partial charge in [0.2, 0.25) is 0 Å². The van der Waals surface area contributed by atoms with E-state index in [9.17, 15) is 29.7 Å². The van der Waals surface area contributed by atoms with Gasteiger partial charge in [-0.1, -0.05) is 12.1 Å². The molecule has 9 heteroatoms. The van der Waals surface area contributed by atoms with Crippen molar-refractivity contribution in [2.75, 3.05) is 0 Å². The van der Waals surface area contributed by atoms with E-state index in [1.807, 2.05) is 0 Å². The summed E-state index contributed by atoms with van der Waals surface area (Å²) in [4.78, 5) is 31.3. The molecule has 0 aromatic heterocycles. The summed E-state index contributed by atoms with van der Waals surface area (Å²) in [6.45, 7) is 0. The molecule has 1 aromatic carbocycles. The molecule has 0 heterocycles. The van der Waals surface area contributed by atoms with Crippen molar-refractivity contribution in [3.63, 3.8) is 0 Å². The third-order valence-corrected chi connectivity index (χ3v) is 1.70. The Morgan fingerprint density at radius 3 is 1.50 bits per heavy atom. The number of carbonyl (C=O) groups excluding carboxylic acids is 3. The Morgan fingerprint density at radius 1 is 0.722 bits per heavy atom. The maximum absolute atomic E-state index is 10.5. The van der Waals surface area contributed by atoms with E-state index in [1.54, 1.807) is 0 Å². The van der Waals surface area contributed by atoms with Crippen molar-refractivity contribution < 1.29 is 96.8 Å². The van der Waals surface area contributed by atoms with Crippen molar-refractivity contribution in [3.05, 3.63) is 34.9 Å². The van der Waals surface area contributed by atoms with E-state index in [-0.39, 0.29) is 67.1 Å². The van der Waals surface area contributed by atoms with Crippen LogP contribution >= 0.6 is 0 Å². The minimum atomic E-state index is -1.79. The summed E-state index contributed by atoms with van der Waals surface area (Å²) in [6, 6.07) is 2.37. The fraction of sp³-hybridized carbons (Fsp3) is 0. The van der Waals surface area contributed by atoms with Gasteiger partial charge in [-0.2, -0.15) is 0 Å². The van der Waals surface area contributed by atoms with Crippen LogP contribution in [-0.2, 0) is 67.1 Å². The number of benzene rings is 1. The van der Waals surface area contributed by atoms with Crippen molar-refractivity contribution in [2.24, 2.45) is 0 Å². The Bertz CT molecular complexity index is 460. The number of rotatable bonds is 3. The van der Waals surface area contributed by atoms with E-state index >= 15 is 0 Å². The summed E-state index contributed by atoms with van der Waals surface area (Å²) in [5.74, 6) is -5.13. The molecule has 0 aliphatic heterocycles. The first kappa shape index (κ1) is 23.0. The van der Waals surface area contributed by atoms with Crippen LogP contribution in [-0.4, -0.2) is 17.9 Å². The fourth-order valence-electron chi connectivity index (χ4n) is 1.02. The number of hydrogen-bond acceptors (Lipinski definition) is 6. The van der Waals surface area contributed by atoms with Crippen LogP contribution in [0.25, 0.3) is 0 Å². The molecule has 108 valence electrons. The molecule has 1 aromatic rings. The van der Waals surface area contributed by atoms with Gasteiger partial charge in [0.1, 0.15) is 0 Å². The molecule has 0 saturated heterocycles. The molecule has 0 radical (unpaired) electrons. The molecule has 1 rings (SSSR count). The van der Waals surface area contributed by atoms with E-state index in [4.69, 9.17) is 0 Å². The monoisotopic (exact) mass is 528 g/mol. The summed E-state index contributed by atoms with van der Waals surface area (Å²) < 4.78 is 0. The summed E-state index contributed by atoms with van der Waals surface area (Å²) in [5.41, 5.74) is -1.84. The van der Waals surface area contributed by atoms with Crippen molar-refractivity contribution in [2.45, 2.75) is 0 Å². The Kier molecular flexibility index (Phi) is 12.4. The van der Waals surface area contributed by atoms with Gasteiger partial charge in [-0.05, 0) is 11.6 Å². The molecule has 0 saturated carbocycles.